The molecule has 13 nitrogen and oxygen atoms in total. The van der Waals surface area contributed by atoms with Gasteiger partial charge in [-0.1, -0.05) is 0 Å². The molecule has 0 aromatic rings. The Hall–Kier alpha value is -2.84. The molecular weight excluding hydrogens is 412 g/mol. The minimum Gasteiger partial charge on any atom is -0.480 e. The van der Waals surface area contributed by atoms with E-state index in [0.29, 0.717) is 0 Å². The number of amides is 3. The maximum absolute atomic E-state index is 12.4. The van der Waals surface area contributed by atoms with Gasteiger partial charge in [-0.3, -0.25) is 19.3 Å². The molecule has 1 saturated heterocycles. The molecular formula is C15H20N4O9S. The van der Waals surface area contributed by atoms with E-state index < -0.39 is 59.3 Å². The van der Waals surface area contributed by atoms with Gasteiger partial charge in [-0.2, -0.15) is 0 Å². The van der Waals surface area contributed by atoms with Crippen LogP contribution in [0.4, 0.5) is 4.79 Å². The summed E-state index contributed by atoms with van der Waals surface area (Å²) in [5.41, 5.74) is 7.54. The van der Waals surface area contributed by atoms with Crippen molar-refractivity contribution in [1.82, 2.24) is 10.2 Å². The average molecular weight is 432 g/mol. The summed E-state index contributed by atoms with van der Waals surface area (Å²) in [4.78, 5) is 58.3. The lowest BCUT2D eigenvalue weighted by molar-refractivity contribution is -0.186. The zero-order chi connectivity index (χ0) is 21.9. The molecule has 0 bridgehead atoms. The summed E-state index contributed by atoms with van der Waals surface area (Å²) in [6.07, 6.45) is -1.17. The normalized spacial score (nSPS) is 24.3. The third-order valence-electron chi connectivity index (χ3n) is 4.29. The van der Waals surface area contributed by atoms with Crippen LogP contribution < -0.4 is 16.8 Å². The van der Waals surface area contributed by atoms with Gasteiger partial charge >= 0.3 is 18.0 Å². The number of rotatable bonds is 9. The second-order valence-electron chi connectivity index (χ2n) is 6.36. The molecule has 160 valence electrons. The minimum atomic E-state index is -2.31. The van der Waals surface area contributed by atoms with Gasteiger partial charge in [0, 0.05) is 17.7 Å². The van der Waals surface area contributed by atoms with Crippen molar-refractivity contribution in [3.8, 4) is 0 Å². The first-order valence-electron chi connectivity index (χ1n) is 8.33. The van der Waals surface area contributed by atoms with E-state index in [1.807, 2.05) is 0 Å². The molecule has 0 radical (unpaired) electrons. The maximum atomic E-state index is 12.4. The van der Waals surface area contributed by atoms with Gasteiger partial charge in [0.1, 0.15) is 23.7 Å². The Balaban J connectivity index is 2.05. The summed E-state index contributed by atoms with van der Waals surface area (Å²) in [6.45, 7) is -0.435. The number of nitrogens with one attached hydrogen (secondary N) is 1. The van der Waals surface area contributed by atoms with Gasteiger partial charge in [-0.15, -0.1) is 11.8 Å². The Morgan fingerprint density at radius 3 is 2.55 bits per heavy atom. The molecule has 0 aliphatic carbocycles. The number of aliphatic hydroxyl groups is 1. The molecule has 8 N–H and O–H groups in total. The number of carbonyl (C=O) groups is 5. The second-order valence-corrected chi connectivity index (χ2v) is 7.42. The highest BCUT2D eigenvalue weighted by Gasteiger charge is 2.65. The lowest BCUT2D eigenvalue weighted by Gasteiger charge is -2.54. The summed E-state index contributed by atoms with van der Waals surface area (Å²) in [7, 11) is 0. The van der Waals surface area contributed by atoms with Crippen molar-refractivity contribution in [2.75, 3.05) is 12.4 Å². The van der Waals surface area contributed by atoms with Crippen molar-refractivity contribution < 1.29 is 44.0 Å². The lowest BCUT2D eigenvalue weighted by Crippen LogP contribution is -2.80. The quantitative estimate of drug-likeness (QED) is 0.168. The van der Waals surface area contributed by atoms with E-state index in [2.05, 4.69) is 10.1 Å². The largest absolute Gasteiger partial charge is 0.480 e. The van der Waals surface area contributed by atoms with Gasteiger partial charge in [0.05, 0.1) is 0 Å². The predicted octanol–water partition coefficient (Wildman–Crippen LogP) is -2.28. The summed E-state index contributed by atoms with van der Waals surface area (Å²) in [5.74, 6) is -4.45. The van der Waals surface area contributed by atoms with Crippen molar-refractivity contribution in [3.63, 3.8) is 0 Å². The number of fused-ring (bicyclic) bond motifs is 1. The number of hydrogen-bond donors (Lipinski definition) is 6. The highest BCUT2D eigenvalue weighted by atomic mass is 32.2. The van der Waals surface area contributed by atoms with Crippen LogP contribution in [0.5, 0.6) is 0 Å². The van der Waals surface area contributed by atoms with E-state index in [4.69, 9.17) is 16.6 Å². The molecule has 14 heteroatoms. The van der Waals surface area contributed by atoms with Crippen LogP contribution in [-0.2, 0) is 23.9 Å². The van der Waals surface area contributed by atoms with E-state index in [1.165, 1.54) is 0 Å². The van der Waals surface area contributed by atoms with Crippen LogP contribution in [0.15, 0.2) is 11.3 Å². The standard InChI is InChI=1S/C15H20N4O9S/c16-7(10(21)22)2-1-3-8(20)18-15(27)12(25)19-9(11(23)24)6(4-28-14(17)26)5-29-13(15)19/h7,13,27H,1-5,16H2,(H2,17,26)(H,18,20)(H,21,22)(H,23,24)/t7?,13?,15-/m0/s1. The maximum Gasteiger partial charge on any atom is 0.404 e. The number of carboxylic acids is 2. The Bertz CT molecular complexity index is 786. The number of hydrogen-bond acceptors (Lipinski definition) is 9. The highest BCUT2D eigenvalue weighted by molar-refractivity contribution is 8.00. The summed E-state index contributed by atoms with van der Waals surface area (Å²) in [5, 5.41) is 29.7. The van der Waals surface area contributed by atoms with E-state index in [-0.39, 0.29) is 30.6 Å². The van der Waals surface area contributed by atoms with E-state index in [9.17, 15) is 34.2 Å². The molecule has 1 fully saturated rings. The topological polar surface area (TPSA) is 223 Å². The Labute approximate surface area is 168 Å². The van der Waals surface area contributed by atoms with Crippen molar-refractivity contribution in [3.05, 3.63) is 11.3 Å². The van der Waals surface area contributed by atoms with Gasteiger partial charge in [-0.25, -0.2) is 9.59 Å². The molecule has 2 unspecified atom stereocenters. The van der Waals surface area contributed by atoms with Gasteiger partial charge in [0.2, 0.25) is 5.91 Å². The fraction of sp³-hybridized carbons (Fsp3) is 0.533. The molecule has 2 heterocycles. The number of nitrogens with two attached hydrogens (primary N) is 2. The number of ether oxygens (including phenoxy) is 1. The number of thioether (sulfide) groups is 1. The first kappa shape index (κ1) is 22.4. The highest BCUT2D eigenvalue weighted by Crippen LogP contribution is 2.45. The first-order chi connectivity index (χ1) is 13.5. The van der Waals surface area contributed by atoms with Gasteiger partial charge in [0.25, 0.3) is 11.6 Å². The van der Waals surface area contributed by atoms with Gasteiger partial charge in [0.15, 0.2) is 0 Å². The van der Waals surface area contributed by atoms with Gasteiger partial charge in [-0.05, 0) is 12.8 Å². The predicted molar refractivity (Wildman–Crippen MR) is 95.8 cm³/mol. The van der Waals surface area contributed by atoms with Crippen LogP contribution in [0.25, 0.3) is 0 Å². The van der Waals surface area contributed by atoms with Crippen LogP contribution >= 0.6 is 11.8 Å². The number of carbonyl (C=O) groups excluding carboxylic acids is 3. The van der Waals surface area contributed by atoms with Crippen molar-refractivity contribution in [2.24, 2.45) is 11.5 Å². The van der Waals surface area contributed by atoms with Crippen LogP contribution in [0.2, 0.25) is 0 Å². The van der Waals surface area contributed by atoms with Crippen molar-refractivity contribution >= 4 is 41.6 Å². The number of nitrogens with zero attached hydrogens (tertiary/aromatic N) is 1. The summed E-state index contributed by atoms with van der Waals surface area (Å²) < 4.78 is 4.58. The Morgan fingerprint density at radius 1 is 1.34 bits per heavy atom. The second kappa shape index (κ2) is 8.67. The first-order valence-corrected chi connectivity index (χ1v) is 9.38. The molecule has 0 saturated carbocycles. The molecule has 2 aliphatic heterocycles. The molecule has 3 atom stereocenters. The third-order valence-corrected chi connectivity index (χ3v) is 5.67. The van der Waals surface area contributed by atoms with Crippen LogP contribution in [0, 0.1) is 0 Å². The molecule has 0 aromatic carbocycles. The van der Waals surface area contributed by atoms with E-state index in [1.54, 1.807) is 0 Å². The molecule has 2 aliphatic rings. The number of primary amides is 1. The third kappa shape index (κ3) is 4.60. The number of aliphatic carboxylic acids is 2. The molecule has 0 aromatic heterocycles. The van der Waals surface area contributed by atoms with Crippen LogP contribution in [0.3, 0.4) is 0 Å². The molecule has 0 spiro atoms. The monoisotopic (exact) mass is 432 g/mol. The SMILES string of the molecule is NC(=O)OCC1=C(C(=O)O)N2C(=O)[C@@](O)(NC(=O)CCCC(N)C(=O)O)C2SC1. The smallest absolute Gasteiger partial charge is 0.404 e. The average Bonchev–Trinajstić information content (AvgIpc) is 2.64. The lowest BCUT2D eigenvalue weighted by atomic mass is 9.98. The molecule has 3 amide bonds. The number of carboxylic acid groups (broad SMARTS) is 2. The van der Waals surface area contributed by atoms with E-state index in [0.717, 1.165) is 16.7 Å². The zero-order valence-corrected chi connectivity index (χ0v) is 15.8. The fourth-order valence-electron chi connectivity index (χ4n) is 2.87. The summed E-state index contributed by atoms with van der Waals surface area (Å²) in [6, 6.07) is -1.13. The number of β-lactam (4-membered cyclic amide) rings is 1. The minimum absolute atomic E-state index is 0.00893. The summed E-state index contributed by atoms with van der Waals surface area (Å²) >= 11 is 0.969. The Kier molecular flexibility index (Phi) is 6.71. The Morgan fingerprint density at radius 2 is 2.00 bits per heavy atom. The van der Waals surface area contributed by atoms with Crippen LogP contribution in [0.1, 0.15) is 19.3 Å². The van der Waals surface area contributed by atoms with Gasteiger partial charge < -0.3 is 36.8 Å². The van der Waals surface area contributed by atoms with Crippen molar-refractivity contribution in [1.29, 1.82) is 0 Å². The molecule has 29 heavy (non-hydrogen) atoms. The zero-order valence-electron chi connectivity index (χ0n) is 15.0. The molecule has 2 rings (SSSR count). The fourth-order valence-corrected chi connectivity index (χ4v) is 4.20. The van der Waals surface area contributed by atoms with E-state index >= 15 is 0 Å². The van der Waals surface area contributed by atoms with Crippen molar-refractivity contribution in [2.45, 2.75) is 36.4 Å². The van der Waals surface area contributed by atoms with Crippen LogP contribution in [-0.4, -0.2) is 79.6 Å².